The lowest BCUT2D eigenvalue weighted by molar-refractivity contribution is -0.117. The predicted molar refractivity (Wildman–Crippen MR) is 129 cm³/mol. The number of carbonyl (C=O) groups excluding carboxylic acids is 2. The van der Waals surface area contributed by atoms with Crippen molar-refractivity contribution in [2.75, 3.05) is 4.90 Å². The van der Waals surface area contributed by atoms with E-state index in [4.69, 9.17) is 16.0 Å². The summed E-state index contributed by atoms with van der Waals surface area (Å²) < 4.78 is 6.60. The summed E-state index contributed by atoms with van der Waals surface area (Å²) in [5.41, 5.74) is 2.26. The Morgan fingerprint density at radius 1 is 1.18 bits per heavy atom. The fourth-order valence-corrected chi connectivity index (χ4v) is 4.58. The van der Waals surface area contributed by atoms with E-state index in [0.717, 1.165) is 15.4 Å². The Labute approximate surface area is 202 Å². The number of fused-ring (bicyclic) bond motifs is 1. The second kappa shape index (κ2) is 8.17. The summed E-state index contributed by atoms with van der Waals surface area (Å²) in [5.74, 6) is -1.88. The summed E-state index contributed by atoms with van der Waals surface area (Å²) in [5, 5.41) is 12.0. The molecule has 2 aromatic carbocycles. The van der Waals surface area contributed by atoms with Gasteiger partial charge in [0.25, 0.3) is 5.91 Å². The molecule has 0 spiro atoms. The molecular formula is C25H16BrClN2O4. The lowest BCUT2D eigenvalue weighted by atomic mass is 9.95. The first kappa shape index (κ1) is 21.4. The molecule has 2 aromatic heterocycles. The molecule has 1 amide bonds. The molecule has 0 saturated carbocycles. The van der Waals surface area contributed by atoms with Gasteiger partial charge >= 0.3 is 0 Å². The number of rotatable bonds is 4. The number of aliphatic hydroxyl groups excluding tert-OH is 1. The molecule has 1 aliphatic rings. The van der Waals surface area contributed by atoms with Crippen molar-refractivity contribution in [1.29, 1.82) is 0 Å². The lowest BCUT2D eigenvalue weighted by Gasteiger charge is -2.28. The third-order valence-corrected chi connectivity index (χ3v) is 6.31. The number of benzene rings is 2. The zero-order chi connectivity index (χ0) is 23.3. The highest BCUT2D eigenvalue weighted by molar-refractivity contribution is 9.10. The minimum atomic E-state index is -0.907. The van der Waals surface area contributed by atoms with E-state index in [-0.39, 0.29) is 11.3 Å². The number of nitrogens with zero attached hydrogens (tertiary/aromatic N) is 2. The van der Waals surface area contributed by atoms with Crippen LogP contribution < -0.4 is 4.90 Å². The van der Waals surface area contributed by atoms with Gasteiger partial charge in [0.2, 0.25) is 5.78 Å². The first-order valence-electron chi connectivity index (χ1n) is 10.0. The minimum absolute atomic E-state index is 0.0241. The van der Waals surface area contributed by atoms with Gasteiger partial charge in [-0.05, 0) is 60.5 Å². The molecule has 0 saturated heterocycles. The number of ketones is 1. The fourth-order valence-electron chi connectivity index (χ4n) is 4.04. The van der Waals surface area contributed by atoms with Crippen molar-refractivity contribution in [3.8, 4) is 0 Å². The van der Waals surface area contributed by atoms with E-state index in [0.29, 0.717) is 21.9 Å². The molecule has 0 radical (unpaired) electrons. The van der Waals surface area contributed by atoms with E-state index in [1.54, 1.807) is 60.9 Å². The Balaban J connectivity index is 1.68. The smallest absolute Gasteiger partial charge is 0.294 e. The van der Waals surface area contributed by atoms with Crippen LogP contribution in [0.5, 0.6) is 0 Å². The molecule has 6 nitrogen and oxygen atoms in total. The Morgan fingerprint density at radius 2 is 2.00 bits per heavy atom. The first-order chi connectivity index (χ1) is 15.8. The SMILES string of the molecule is Cc1ccc(Cl)cc1N1C(=O)C(O)=C(C(=O)c2cc3cc(Br)ccc3o2)C1c1cccnc1. The van der Waals surface area contributed by atoms with Crippen LogP contribution in [-0.4, -0.2) is 21.8 Å². The van der Waals surface area contributed by atoms with Gasteiger partial charge in [0, 0.05) is 33.0 Å². The van der Waals surface area contributed by atoms with Crippen LogP contribution in [0.2, 0.25) is 5.02 Å². The van der Waals surface area contributed by atoms with E-state index < -0.39 is 23.5 Å². The quantitative estimate of drug-likeness (QED) is 0.316. The zero-order valence-corrected chi connectivity index (χ0v) is 19.6. The third-order valence-electron chi connectivity index (χ3n) is 5.59. The van der Waals surface area contributed by atoms with Crippen molar-refractivity contribution in [3.05, 3.63) is 105 Å². The highest BCUT2D eigenvalue weighted by Gasteiger charge is 2.46. The van der Waals surface area contributed by atoms with Gasteiger partial charge in [0.05, 0.1) is 11.6 Å². The average molecular weight is 524 g/mol. The van der Waals surface area contributed by atoms with Crippen molar-refractivity contribution in [2.45, 2.75) is 13.0 Å². The number of aromatic nitrogens is 1. The summed E-state index contributed by atoms with van der Waals surface area (Å²) in [7, 11) is 0. The van der Waals surface area contributed by atoms with Crippen molar-refractivity contribution in [1.82, 2.24) is 4.98 Å². The molecule has 0 aliphatic carbocycles. The van der Waals surface area contributed by atoms with E-state index in [1.807, 2.05) is 13.0 Å². The standard InChI is InChI=1S/C25H16BrClN2O4/c1-13-4-6-17(27)11-18(13)29-22(14-3-2-8-28-12-14)21(24(31)25(29)32)23(30)20-10-15-9-16(26)5-7-19(15)33-20/h2-12,22,31H,1H3. The van der Waals surface area contributed by atoms with Crippen LogP contribution in [-0.2, 0) is 4.79 Å². The monoisotopic (exact) mass is 522 g/mol. The van der Waals surface area contributed by atoms with Gasteiger partial charge in [0.1, 0.15) is 5.58 Å². The molecule has 164 valence electrons. The molecular weight excluding hydrogens is 508 g/mol. The number of anilines is 1. The summed E-state index contributed by atoms with van der Waals surface area (Å²) in [4.78, 5) is 32.4. The van der Waals surface area contributed by atoms with Crippen LogP contribution in [0, 0.1) is 6.92 Å². The molecule has 5 rings (SSSR count). The summed E-state index contributed by atoms with van der Waals surface area (Å²) in [6.07, 6.45) is 3.16. The number of carbonyl (C=O) groups is 2. The fraction of sp³-hybridized carbons (Fsp3) is 0.0800. The maximum Gasteiger partial charge on any atom is 0.294 e. The maximum absolute atomic E-state index is 13.6. The molecule has 1 unspecified atom stereocenters. The minimum Gasteiger partial charge on any atom is -0.503 e. The van der Waals surface area contributed by atoms with E-state index in [9.17, 15) is 14.7 Å². The molecule has 8 heteroatoms. The number of furan rings is 1. The molecule has 1 atom stereocenters. The second-order valence-electron chi connectivity index (χ2n) is 7.68. The predicted octanol–water partition coefficient (Wildman–Crippen LogP) is 6.34. The van der Waals surface area contributed by atoms with Crippen LogP contribution in [0.1, 0.15) is 27.7 Å². The van der Waals surface area contributed by atoms with Gasteiger partial charge in [-0.2, -0.15) is 0 Å². The normalized spacial score (nSPS) is 16.2. The van der Waals surface area contributed by atoms with Gasteiger partial charge < -0.3 is 9.52 Å². The number of amides is 1. The number of hydrogen-bond acceptors (Lipinski definition) is 5. The summed E-state index contributed by atoms with van der Waals surface area (Å²) in [6.45, 7) is 1.83. The first-order valence-corrected chi connectivity index (χ1v) is 11.2. The highest BCUT2D eigenvalue weighted by atomic mass is 79.9. The van der Waals surface area contributed by atoms with Crippen LogP contribution in [0.4, 0.5) is 5.69 Å². The number of pyridine rings is 1. The topological polar surface area (TPSA) is 83.6 Å². The number of aliphatic hydroxyl groups is 1. The lowest BCUT2D eigenvalue weighted by Crippen LogP contribution is -2.31. The van der Waals surface area contributed by atoms with E-state index >= 15 is 0 Å². The van der Waals surface area contributed by atoms with E-state index in [2.05, 4.69) is 20.9 Å². The molecule has 1 N–H and O–H groups in total. The van der Waals surface area contributed by atoms with Gasteiger partial charge in [0.15, 0.2) is 11.5 Å². The second-order valence-corrected chi connectivity index (χ2v) is 9.03. The number of aryl methyl sites for hydroxylation is 1. The molecule has 0 fully saturated rings. The average Bonchev–Trinajstić information content (AvgIpc) is 3.34. The third kappa shape index (κ3) is 3.63. The van der Waals surface area contributed by atoms with Gasteiger partial charge in [-0.15, -0.1) is 0 Å². The Kier molecular flexibility index (Phi) is 5.31. The molecule has 33 heavy (non-hydrogen) atoms. The number of hydrogen-bond donors (Lipinski definition) is 1. The Morgan fingerprint density at radius 3 is 2.76 bits per heavy atom. The summed E-state index contributed by atoms with van der Waals surface area (Å²) in [6, 6.07) is 14.6. The van der Waals surface area contributed by atoms with Crippen LogP contribution >= 0.6 is 27.5 Å². The molecule has 4 aromatic rings. The molecule has 3 heterocycles. The van der Waals surface area contributed by atoms with Gasteiger partial charge in [-0.3, -0.25) is 19.5 Å². The number of Topliss-reactive ketones (excluding diaryl/α,β-unsaturated/α-hetero) is 1. The van der Waals surface area contributed by atoms with Crippen LogP contribution in [0.25, 0.3) is 11.0 Å². The maximum atomic E-state index is 13.6. The largest absolute Gasteiger partial charge is 0.503 e. The summed E-state index contributed by atoms with van der Waals surface area (Å²) >= 11 is 9.62. The van der Waals surface area contributed by atoms with Gasteiger partial charge in [-0.25, -0.2) is 0 Å². The number of halogens is 2. The van der Waals surface area contributed by atoms with Crippen molar-refractivity contribution in [2.24, 2.45) is 0 Å². The van der Waals surface area contributed by atoms with Crippen molar-refractivity contribution >= 4 is 55.9 Å². The van der Waals surface area contributed by atoms with Crippen molar-refractivity contribution < 1.29 is 19.1 Å². The van der Waals surface area contributed by atoms with Crippen LogP contribution in [0.3, 0.4) is 0 Å². The Bertz CT molecular complexity index is 1460. The molecule has 0 bridgehead atoms. The Hall–Kier alpha value is -3.42. The highest BCUT2D eigenvalue weighted by Crippen LogP contribution is 2.43. The van der Waals surface area contributed by atoms with Gasteiger partial charge in [-0.1, -0.05) is 39.7 Å². The van der Waals surface area contributed by atoms with Crippen molar-refractivity contribution in [3.63, 3.8) is 0 Å². The van der Waals surface area contributed by atoms with E-state index in [1.165, 1.54) is 4.90 Å². The molecule has 1 aliphatic heterocycles. The zero-order valence-electron chi connectivity index (χ0n) is 17.3. The van der Waals surface area contributed by atoms with Crippen LogP contribution in [0.15, 0.2) is 87.2 Å².